The van der Waals surface area contributed by atoms with Gasteiger partial charge >= 0.3 is 5.97 Å². The van der Waals surface area contributed by atoms with E-state index < -0.39 is 17.1 Å². The molecule has 4 aliphatic carbocycles. The van der Waals surface area contributed by atoms with Crippen molar-refractivity contribution in [3.8, 4) is 0 Å². The molecule has 0 spiro atoms. The largest absolute Gasteiger partial charge is 0.458 e. The lowest BCUT2D eigenvalue weighted by Crippen LogP contribution is -2.67. The van der Waals surface area contributed by atoms with Crippen LogP contribution in [0.5, 0.6) is 0 Å². The second-order valence-electron chi connectivity index (χ2n) is 10.8. The van der Waals surface area contributed by atoms with Gasteiger partial charge in [0, 0.05) is 11.5 Å². The number of cyclic esters (lactones) is 1. The smallest absolute Gasteiger partial charge is 0.331 e. The normalized spacial score (nSPS) is 55.8. The maximum absolute atomic E-state index is 12.1. The minimum absolute atomic E-state index is 0.00129. The van der Waals surface area contributed by atoms with Crippen LogP contribution in [-0.2, 0) is 9.53 Å². The number of carbonyl (C=O) groups is 1. The van der Waals surface area contributed by atoms with Crippen LogP contribution in [0.3, 0.4) is 0 Å². The van der Waals surface area contributed by atoms with Gasteiger partial charge in [-0.1, -0.05) is 13.8 Å². The van der Waals surface area contributed by atoms with Crippen molar-refractivity contribution in [3.63, 3.8) is 0 Å². The number of carbonyl (C=O) groups excluding carboxylic acids is 1. The van der Waals surface area contributed by atoms with E-state index in [0.29, 0.717) is 31.3 Å². The molecule has 156 valence electrons. The number of aliphatic hydroxyl groups excluding tert-OH is 2. The average molecular weight is 391 g/mol. The van der Waals surface area contributed by atoms with Gasteiger partial charge < -0.3 is 20.1 Å². The Kier molecular flexibility index (Phi) is 4.12. The van der Waals surface area contributed by atoms with Gasteiger partial charge in [0.15, 0.2) is 0 Å². The zero-order valence-electron chi connectivity index (χ0n) is 17.1. The van der Waals surface area contributed by atoms with E-state index in [2.05, 4.69) is 6.92 Å². The molecule has 28 heavy (non-hydrogen) atoms. The topological polar surface area (TPSA) is 87.0 Å². The van der Waals surface area contributed by atoms with Crippen LogP contribution in [0.4, 0.5) is 0 Å². The van der Waals surface area contributed by atoms with Crippen LogP contribution in [-0.4, -0.2) is 45.7 Å². The fraction of sp³-hybridized carbons (Fsp3) is 0.870. The van der Waals surface area contributed by atoms with E-state index in [-0.39, 0.29) is 29.3 Å². The molecule has 4 saturated carbocycles. The molecule has 0 bridgehead atoms. The van der Waals surface area contributed by atoms with Crippen LogP contribution >= 0.6 is 0 Å². The average Bonchev–Trinajstić information content (AvgIpc) is 3.19. The Balaban J connectivity index is 1.51. The van der Waals surface area contributed by atoms with Crippen LogP contribution in [0.15, 0.2) is 11.6 Å². The molecule has 0 aromatic carbocycles. The van der Waals surface area contributed by atoms with E-state index >= 15 is 0 Å². The summed E-state index contributed by atoms with van der Waals surface area (Å²) in [4.78, 5) is 11.6. The van der Waals surface area contributed by atoms with Gasteiger partial charge in [-0.3, -0.25) is 0 Å². The second-order valence-corrected chi connectivity index (χ2v) is 10.8. The lowest BCUT2D eigenvalue weighted by molar-refractivity contribution is -0.244. The summed E-state index contributed by atoms with van der Waals surface area (Å²) in [6.07, 6.45) is 7.69. The summed E-state index contributed by atoms with van der Waals surface area (Å²) in [5, 5.41) is 33.7. The number of rotatable bonds is 1. The molecule has 3 N–H and O–H groups in total. The molecule has 0 amide bonds. The van der Waals surface area contributed by atoms with Crippen molar-refractivity contribution in [2.24, 2.45) is 34.5 Å². The molecule has 5 nitrogen and oxygen atoms in total. The monoisotopic (exact) mass is 390 g/mol. The summed E-state index contributed by atoms with van der Waals surface area (Å²) >= 11 is 0. The molecule has 9 atom stereocenters. The molecule has 5 heteroatoms. The summed E-state index contributed by atoms with van der Waals surface area (Å²) in [7, 11) is 0. The number of ether oxygens (including phenoxy) is 1. The third-order valence-corrected chi connectivity index (χ3v) is 10.0. The third-order valence-electron chi connectivity index (χ3n) is 10.0. The van der Waals surface area contributed by atoms with Crippen molar-refractivity contribution in [1.29, 1.82) is 0 Å². The Labute approximate surface area is 167 Å². The highest BCUT2D eigenvalue weighted by Crippen LogP contribution is 2.69. The molecule has 5 aliphatic rings. The van der Waals surface area contributed by atoms with E-state index in [9.17, 15) is 20.1 Å². The first-order valence-corrected chi connectivity index (χ1v) is 11.2. The van der Waals surface area contributed by atoms with E-state index in [1.807, 2.05) is 6.92 Å². The van der Waals surface area contributed by atoms with Crippen molar-refractivity contribution in [3.05, 3.63) is 11.6 Å². The Morgan fingerprint density at radius 2 is 1.82 bits per heavy atom. The molecule has 0 aromatic rings. The number of hydrogen-bond acceptors (Lipinski definition) is 5. The molecule has 1 aliphatic heterocycles. The van der Waals surface area contributed by atoms with Gasteiger partial charge in [-0.2, -0.15) is 0 Å². The number of aliphatic hydroxyl groups is 3. The standard InChI is InChI=1S/C23H34O5/c1-21-7-5-15(24)10-14(21)3-4-17-18(21)11-19(25)22(2)16(6-8-23(17,22)27)13-9-20(26)28-12-13/h9,14-19,24-25,27H,3-8,10-12H2,1-2H3/t14-,15-,16+,17+,18-,19-,21-,22-,23+/m0/s1. The van der Waals surface area contributed by atoms with Crippen LogP contribution in [0.2, 0.25) is 0 Å². The molecule has 4 fully saturated rings. The van der Waals surface area contributed by atoms with Gasteiger partial charge in [-0.25, -0.2) is 4.79 Å². The summed E-state index contributed by atoms with van der Waals surface area (Å²) in [5.41, 5.74) is -0.507. The van der Waals surface area contributed by atoms with E-state index in [0.717, 1.165) is 44.1 Å². The molecule has 0 unspecified atom stereocenters. The summed E-state index contributed by atoms with van der Waals surface area (Å²) in [5.74, 6) is 0.657. The van der Waals surface area contributed by atoms with Crippen LogP contribution in [0.25, 0.3) is 0 Å². The molecule has 5 rings (SSSR count). The fourth-order valence-corrected chi connectivity index (χ4v) is 8.37. The quantitative estimate of drug-likeness (QED) is 0.599. The molecule has 0 aromatic heterocycles. The van der Waals surface area contributed by atoms with E-state index in [1.165, 1.54) is 0 Å². The lowest BCUT2D eigenvalue weighted by Gasteiger charge is -2.64. The van der Waals surface area contributed by atoms with Crippen molar-refractivity contribution in [2.45, 2.75) is 83.0 Å². The van der Waals surface area contributed by atoms with Crippen molar-refractivity contribution < 1.29 is 24.9 Å². The highest BCUT2D eigenvalue weighted by molar-refractivity contribution is 5.85. The zero-order valence-corrected chi connectivity index (χ0v) is 17.1. The maximum Gasteiger partial charge on any atom is 0.331 e. The van der Waals surface area contributed by atoms with Gasteiger partial charge in [-0.05, 0) is 86.0 Å². The maximum atomic E-state index is 12.1. The highest BCUT2D eigenvalue weighted by Gasteiger charge is 2.70. The number of fused-ring (bicyclic) bond motifs is 5. The Bertz CT molecular complexity index is 718. The summed E-state index contributed by atoms with van der Waals surface area (Å²) in [6.45, 7) is 4.69. The first kappa shape index (κ1) is 19.1. The number of esters is 1. The van der Waals surface area contributed by atoms with Crippen molar-refractivity contribution in [1.82, 2.24) is 0 Å². The van der Waals surface area contributed by atoms with Crippen LogP contribution < -0.4 is 0 Å². The first-order chi connectivity index (χ1) is 13.2. The Morgan fingerprint density at radius 1 is 1.04 bits per heavy atom. The highest BCUT2D eigenvalue weighted by atomic mass is 16.5. The number of hydrogen-bond donors (Lipinski definition) is 3. The molecule has 0 saturated heterocycles. The minimum atomic E-state index is -0.906. The minimum Gasteiger partial charge on any atom is -0.458 e. The SMILES string of the molecule is C[C@]12CC[C@H](O)C[C@@H]1CC[C@@H]1[C@@H]2C[C@H](O)[C@]2(C)[C@@H](C3=CC(=O)OC3)CC[C@@]12O. The first-order valence-electron chi connectivity index (χ1n) is 11.2. The van der Waals surface area contributed by atoms with E-state index in [4.69, 9.17) is 4.74 Å². The third kappa shape index (κ3) is 2.27. The fourth-order valence-electron chi connectivity index (χ4n) is 8.37. The molecular weight excluding hydrogens is 356 g/mol. The molecular formula is C23H34O5. The summed E-state index contributed by atoms with van der Waals surface area (Å²) in [6, 6.07) is 0. The van der Waals surface area contributed by atoms with Gasteiger partial charge in [0.05, 0.1) is 17.8 Å². The van der Waals surface area contributed by atoms with Gasteiger partial charge in [0.25, 0.3) is 0 Å². The van der Waals surface area contributed by atoms with Crippen LogP contribution in [0, 0.1) is 34.5 Å². The van der Waals surface area contributed by atoms with Gasteiger partial charge in [0.1, 0.15) is 6.61 Å². The molecule has 0 radical (unpaired) electrons. The predicted octanol–water partition coefficient (Wildman–Crippen LogP) is 2.58. The lowest BCUT2D eigenvalue weighted by atomic mass is 9.42. The zero-order chi connectivity index (χ0) is 19.9. The Hall–Kier alpha value is -0.910. The van der Waals surface area contributed by atoms with Gasteiger partial charge in [0.2, 0.25) is 0 Å². The van der Waals surface area contributed by atoms with Crippen molar-refractivity contribution >= 4 is 5.97 Å². The summed E-state index contributed by atoms with van der Waals surface area (Å²) < 4.78 is 5.16. The van der Waals surface area contributed by atoms with Crippen molar-refractivity contribution in [2.75, 3.05) is 6.61 Å². The van der Waals surface area contributed by atoms with E-state index in [1.54, 1.807) is 6.08 Å². The Morgan fingerprint density at radius 3 is 2.54 bits per heavy atom. The second kappa shape index (κ2) is 6.05. The van der Waals surface area contributed by atoms with Gasteiger partial charge in [-0.15, -0.1) is 0 Å². The van der Waals surface area contributed by atoms with Crippen LogP contribution in [0.1, 0.15) is 65.2 Å². The predicted molar refractivity (Wildman–Crippen MR) is 103 cm³/mol. The molecule has 1 heterocycles.